The molecule has 0 spiro atoms. The zero-order valence-corrected chi connectivity index (χ0v) is 19.3. The van der Waals surface area contributed by atoms with Crippen molar-refractivity contribution in [2.75, 3.05) is 0 Å². The Labute approximate surface area is 201 Å². The quantitative estimate of drug-likeness (QED) is 0.160. The molecule has 0 heterocycles. The number of thiocarbonyl (C=S) groups is 1. The zero-order chi connectivity index (χ0) is 24.2. The molecule has 0 saturated heterocycles. The van der Waals surface area contributed by atoms with E-state index in [-0.39, 0.29) is 11.1 Å². The summed E-state index contributed by atoms with van der Waals surface area (Å²) in [7, 11) is 0. The fourth-order valence-electron chi connectivity index (χ4n) is 4.50. The second kappa shape index (κ2) is 10.3. The second-order valence-corrected chi connectivity index (χ2v) is 8.58. The highest BCUT2D eigenvalue weighted by Gasteiger charge is 2.25. The van der Waals surface area contributed by atoms with Crippen molar-refractivity contribution in [3.05, 3.63) is 88.0 Å². The van der Waals surface area contributed by atoms with Gasteiger partial charge in [-0.25, -0.2) is 17.6 Å². The van der Waals surface area contributed by atoms with Crippen molar-refractivity contribution in [3.63, 3.8) is 0 Å². The van der Waals surface area contributed by atoms with E-state index < -0.39 is 29.0 Å². The van der Waals surface area contributed by atoms with E-state index in [1.165, 1.54) is 6.07 Å². The number of benzene rings is 3. The van der Waals surface area contributed by atoms with Crippen LogP contribution in [-0.4, -0.2) is 5.16 Å². The Kier molecular flexibility index (Phi) is 7.26. The molecule has 3 aromatic rings. The van der Waals surface area contributed by atoms with Crippen molar-refractivity contribution in [1.82, 2.24) is 0 Å². The molecule has 1 aliphatic carbocycles. The van der Waals surface area contributed by atoms with Crippen LogP contribution in [0.25, 0.3) is 11.1 Å². The monoisotopic (exact) mass is 479 g/mol. The van der Waals surface area contributed by atoms with Gasteiger partial charge in [0.1, 0.15) is 17.3 Å². The third-order valence-electron chi connectivity index (χ3n) is 6.12. The van der Waals surface area contributed by atoms with Crippen LogP contribution in [0.5, 0.6) is 0 Å². The number of halogens is 4. The van der Waals surface area contributed by atoms with Crippen LogP contribution in [0.3, 0.4) is 0 Å². The van der Waals surface area contributed by atoms with E-state index in [0.29, 0.717) is 35.4 Å². The fourth-order valence-corrected chi connectivity index (χ4v) is 4.59. The van der Waals surface area contributed by atoms with Gasteiger partial charge in [0.05, 0.1) is 10.7 Å². The van der Waals surface area contributed by atoms with Crippen molar-refractivity contribution in [1.29, 1.82) is 0 Å². The van der Waals surface area contributed by atoms with Crippen LogP contribution in [0.15, 0.2) is 47.5 Å². The van der Waals surface area contributed by atoms with E-state index >= 15 is 4.39 Å². The normalized spacial score (nSPS) is 14.6. The molecule has 1 atom stereocenters. The first-order valence-electron chi connectivity index (χ1n) is 11.1. The van der Waals surface area contributed by atoms with Crippen molar-refractivity contribution in [3.8, 4) is 23.0 Å². The van der Waals surface area contributed by atoms with Gasteiger partial charge in [0.2, 0.25) is 0 Å². The largest absolute Gasteiger partial charge is 0.206 e. The molecule has 0 fully saturated rings. The number of nitrogens with zero attached hydrogens (tertiary/aromatic N) is 1. The lowest BCUT2D eigenvalue weighted by Gasteiger charge is -2.26. The summed E-state index contributed by atoms with van der Waals surface area (Å²) < 4.78 is 58.1. The van der Waals surface area contributed by atoms with E-state index in [4.69, 9.17) is 0 Å². The zero-order valence-electron chi connectivity index (χ0n) is 18.5. The number of hydrogen-bond acceptors (Lipinski definition) is 2. The molecule has 172 valence electrons. The minimum absolute atomic E-state index is 0.0361. The molecule has 0 aromatic heterocycles. The summed E-state index contributed by atoms with van der Waals surface area (Å²) in [5, 5.41) is 1.93. The third-order valence-corrected chi connectivity index (χ3v) is 6.21. The molecular weight excluding hydrogens is 458 g/mol. The van der Waals surface area contributed by atoms with Crippen molar-refractivity contribution >= 4 is 23.1 Å². The number of aliphatic imine (C=N–C) groups is 1. The fraction of sp³-hybridized carbons (Fsp3) is 0.250. The predicted octanol–water partition coefficient (Wildman–Crippen LogP) is 7.95. The molecule has 1 nitrogen and oxygen atoms in total. The van der Waals surface area contributed by atoms with Gasteiger partial charge in [0.15, 0.2) is 11.6 Å². The molecule has 0 radical (unpaired) electrons. The lowest BCUT2D eigenvalue weighted by molar-refractivity contribution is 0.412. The summed E-state index contributed by atoms with van der Waals surface area (Å²) in [6, 6.07) is 10.0. The lowest BCUT2D eigenvalue weighted by atomic mass is 9.80. The SMILES string of the molecule is CCCC1CCc2c(cc(F)c(-c3ccc(C#Cc4cc(F)c(N=C=S)c(F)c4)cc3)c2F)C1. The molecule has 34 heavy (non-hydrogen) atoms. The predicted molar refractivity (Wildman–Crippen MR) is 129 cm³/mol. The Morgan fingerprint density at radius 3 is 2.26 bits per heavy atom. The van der Waals surface area contributed by atoms with Crippen LogP contribution in [-0.2, 0) is 12.8 Å². The van der Waals surface area contributed by atoms with E-state index in [2.05, 4.69) is 36.0 Å². The van der Waals surface area contributed by atoms with Crippen LogP contribution >= 0.6 is 12.2 Å². The highest BCUT2D eigenvalue weighted by atomic mass is 32.1. The molecule has 0 saturated carbocycles. The van der Waals surface area contributed by atoms with Gasteiger partial charge in [-0.05, 0) is 84.4 Å². The number of isothiocyanates is 1. The first-order valence-corrected chi connectivity index (χ1v) is 11.5. The number of rotatable bonds is 4. The van der Waals surface area contributed by atoms with Crippen molar-refractivity contribution < 1.29 is 17.6 Å². The summed E-state index contributed by atoms with van der Waals surface area (Å²) >= 11 is 4.38. The van der Waals surface area contributed by atoms with Crippen molar-refractivity contribution in [2.24, 2.45) is 10.9 Å². The van der Waals surface area contributed by atoms with Gasteiger partial charge < -0.3 is 0 Å². The summed E-state index contributed by atoms with van der Waals surface area (Å²) in [6.45, 7) is 2.12. The van der Waals surface area contributed by atoms with Gasteiger partial charge in [0, 0.05) is 11.1 Å². The van der Waals surface area contributed by atoms with E-state index in [1.54, 1.807) is 24.3 Å². The maximum absolute atomic E-state index is 15.3. The highest BCUT2D eigenvalue weighted by molar-refractivity contribution is 7.78. The topological polar surface area (TPSA) is 12.4 Å². The molecule has 3 aromatic carbocycles. The minimum atomic E-state index is -0.892. The number of hydrogen-bond donors (Lipinski definition) is 0. The molecular formula is C28H21F4NS. The van der Waals surface area contributed by atoms with Crippen LogP contribution in [0.1, 0.15) is 48.4 Å². The van der Waals surface area contributed by atoms with Crippen LogP contribution in [0.2, 0.25) is 0 Å². The molecule has 0 N–H and O–H groups in total. The summed E-state index contributed by atoms with van der Waals surface area (Å²) in [4.78, 5) is 3.36. The summed E-state index contributed by atoms with van der Waals surface area (Å²) in [5.74, 6) is 3.12. The molecule has 0 amide bonds. The van der Waals surface area contributed by atoms with Gasteiger partial charge in [0.25, 0.3) is 0 Å². The standard InChI is InChI=1S/C28H21F4NS/c1-2-3-18-8-11-22-21(12-18)15-23(29)26(27(22)32)20-9-6-17(7-10-20)4-5-19-13-24(30)28(33-16-34)25(31)14-19/h6-7,9-10,13-15,18H,2-3,8,11-12H2,1H3. The second-order valence-electron chi connectivity index (χ2n) is 8.40. The molecule has 0 aliphatic heterocycles. The van der Waals surface area contributed by atoms with Gasteiger partial charge in [-0.15, -0.1) is 0 Å². The molecule has 1 unspecified atom stereocenters. The van der Waals surface area contributed by atoms with Crippen molar-refractivity contribution in [2.45, 2.75) is 39.0 Å². The minimum Gasteiger partial charge on any atom is -0.206 e. The van der Waals surface area contributed by atoms with Gasteiger partial charge >= 0.3 is 0 Å². The third kappa shape index (κ3) is 4.97. The summed E-state index contributed by atoms with van der Waals surface area (Å²) in [6.07, 6.45) is 4.38. The molecule has 0 bridgehead atoms. The van der Waals surface area contributed by atoms with Gasteiger partial charge in [-0.1, -0.05) is 43.7 Å². The first-order chi connectivity index (χ1) is 16.4. The highest BCUT2D eigenvalue weighted by Crippen LogP contribution is 2.36. The Morgan fingerprint density at radius 1 is 0.941 bits per heavy atom. The van der Waals surface area contributed by atoms with E-state index in [9.17, 15) is 13.2 Å². The van der Waals surface area contributed by atoms with Gasteiger partial charge in [-0.3, -0.25) is 0 Å². The Morgan fingerprint density at radius 2 is 1.62 bits per heavy atom. The van der Waals surface area contributed by atoms with Gasteiger partial charge in [-0.2, -0.15) is 4.99 Å². The molecule has 6 heteroatoms. The van der Waals surface area contributed by atoms with E-state index in [0.717, 1.165) is 37.0 Å². The Bertz CT molecular complexity index is 1320. The first kappa shape index (κ1) is 23.9. The number of fused-ring (bicyclic) bond motifs is 1. The maximum atomic E-state index is 15.3. The lowest BCUT2D eigenvalue weighted by Crippen LogP contribution is -2.16. The smallest absolute Gasteiger partial charge is 0.153 e. The van der Waals surface area contributed by atoms with E-state index in [1.807, 2.05) is 5.16 Å². The van der Waals surface area contributed by atoms with Crippen LogP contribution in [0, 0.1) is 41.0 Å². The molecule has 1 aliphatic rings. The Balaban J connectivity index is 1.60. The Hall–Kier alpha value is -3.26. The average molecular weight is 480 g/mol. The van der Waals surface area contributed by atoms with Crippen LogP contribution < -0.4 is 0 Å². The summed E-state index contributed by atoms with van der Waals surface area (Å²) in [5.41, 5.74) is 1.90. The maximum Gasteiger partial charge on any atom is 0.153 e. The average Bonchev–Trinajstić information content (AvgIpc) is 2.81. The molecule has 4 rings (SSSR count). The van der Waals surface area contributed by atoms with Crippen LogP contribution in [0.4, 0.5) is 23.2 Å².